The number of anilines is 1. The van der Waals surface area contributed by atoms with Gasteiger partial charge in [-0.25, -0.2) is 17.5 Å². The van der Waals surface area contributed by atoms with E-state index in [2.05, 4.69) is 4.72 Å². The summed E-state index contributed by atoms with van der Waals surface area (Å²) < 4.78 is 44.6. The van der Waals surface area contributed by atoms with Gasteiger partial charge in [0.25, 0.3) is 0 Å². The summed E-state index contributed by atoms with van der Waals surface area (Å²) in [5.41, 5.74) is 6.80. The molecule has 112 valence electrons. The highest BCUT2D eigenvalue weighted by atomic mass is 32.2. The number of halogens is 1. The van der Waals surface area contributed by atoms with Crippen LogP contribution in [-0.4, -0.2) is 15.5 Å². The van der Waals surface area contributed by atoms with Crippen LogP contribution in [0.5, 0.6) is 5.75 Å². The molecule has 0 heterocycles. The molecule has 2 aromatic carbocycles. The third-order valence-electron chi connectivity index (χ3n) is 2.88. The summed E-state index contributed by atoms with van der Waals surface area (Å²) in [4.78, 5) is -0.00762. The lowest BCUT2D eigenvalue weighted by molar-refractivity contribution is 0.409. The van der Waals surface area contributed by atoms with Crippen LogP contribution in [0.15, 0.2) is 47.4 Å². The van der Waals surface area contributed by atoms with E-state index in [0.29, 0.717) is 17.0 Å². The molecule has 0 aromatic heterocycles. The van der Waals surface area contributed by atoms with Crippen molar-refractivity contribution in [3.05, 3.63) is 53.8 Å². The second-order valence-electron chi connectivity index (χ2n) is 4.35. The van der Waals surface area contributed by atoms with Crippen molar-refractivity contribution in [2.24, 2.45) is 0 Å². The first-order valence-electron chi connectivity index (χ1n) is 6.10. The van der Waals surface area contributed by atoms with Crippen LogP contribution in [0.1, 0.15) is 5.56 Å². The number of hydrogen-bond donors (Lipinski definition) is 2. The Morgan fingerprint density at radius 3 is 2.48 bits per heavy atom. The normalized spacial score (nSPS) is 11.3. The minimum atomic E-state index is -3.73. The smallest absolute Gasteiger partial charge is 0.240 e. The number of sulfonamides is 1. The molecule has 0 aliphatic rings. The Kier molecular flexibility index (Phi) is 4.44. The van der Waals surface area contributed by atoms with Crippen molar-refractivity contribution in [1.29, 1.82) is 0 Å². The van der Waals surface area contributed by atoms with E-state index in [4.69, 9.17) is 10.5 Å². The average molecular weight is 310 g/mol. The van der Waals surface area contributed by atoms with E-state index in [9.17, 15) is 12.8 Å². The molecule has 0 saturated carbocycles. The lowest BCUT2D eigenvalue weighted by atomic mass is 10.2. The Balaban J connectivity index is 2.19. The summed E-state index contributed by atoms with van der Waals surface area (Å²) in [7, 11) is -2.24. The van der Waals surface area contributed by atoms with Gasteiger partial charge in [-0.2, -0.15) is 0 Å². The molecule has 5 nitrogen and oxygen atoms in total. The van der Waals surface area contributed by atoms with Crippen molar-refractivity contribution < 1.29 is 17.5 Å². The first-order chi connectivity index (χ1) is 9.92. The van der Waals surface area contributed by atoms with Crippen LogP contribution in [0.2, 0.25) is 0 Å². The van der Waals surface area contributed by atoms with Crippen molar-refractivity contribution >= 4 is 15.7 Å². The summed E-state index contributed by atoms with van der Waals surface area (Å²) in [6.07, 6.45) is 0. The highest BCUT2D eigenvalue weighted by Crippen LogP contribution is 2.21. The maximum absolute atomic E-state index is 12.8. The number of benzene rings is 2. The fraction of sp³-hybridized carbons (Fsp3) is 0.143. The predicted octanol–water partition coefficient (Wildman–Crippen LogP) is 1.89. The van der Waals surface area contributed by atoms with Gasteiger partial charge in [-0.05, 0) is 42.5 Å². The van der Waals surface area contributed by atoms with Crippen LogP contribution >= 0.6 is 0 Å². The van der Waals surface area contributed by atoms with Gasteiger partial charge in [0.15, 0.2) is 0 Å². The average Bonchev–Trinajstić information content (AvgIpc) is 2.46. The van der Waals surface area contributed by atoms with E-state index in [1.165, 1.54) is 19.2 Å². The van der Waals surface area contributed by atoms with Gasteiger partial charge in [-0.1, -0.05) is 0 Å². The van der Waals surface area contributed by atoms with Crippen molar-refractivity contribution in [3.63, 3.8) is 0 Å². The van der Waals surface area contributed by atoms with Crippen molar-refractivity contribution in [1.82, 2.24) is 4.72 Å². The standard InChI is InChI=1S/C14H15FN2O3S/c1-20-14-7-4-12(16)8-10(14)9-17-21(18,19)13-5-2-11(15)3-6-13/h2-8,17H,9,16H2,1H3. The summed E-state index contributed by atoms with van der Waals surface area (Å²) in [5.74, 6) is 0.0393. The number of nitrogens with one attached hydrogen (secondary N) is 1. The Hall–Kier alpha value is -2.12. The molecular weight excluding hydrogens is 295 g/mol. The molecule has 0 aliphatic heterocycles. The number of nitrogen functional groups attached to an aromatic ring is 1. The molecule has 21 heavy (non-hydrogen) atoms. The maximum atomic E-state index is 12.8. The lowest BCUT2D eigenvalue weighted by Gasteiger charge is -2.11. The predicted molar refractivity (Wildman–Crippen MR) is 77.8 cm³/mol. The minimum absolute atomic E-state index is 0.00762. The molecule has 0 saturated heterocycles. The van der Waals surface area contributed by atoms with Crippen LogP contribution in [-0.2, 0) is 16.6 Å². The first-order valence-corrected chi connectivity index (χ1v) is 7.58. The zero-order chi connectivity index (χ0) is 15.5. The van der Waals surface area contributed by atoms with Crippen molar-refractivity contribution in [2.75, 3.05) is 12.8 Å². The zero-order valence-electron chi connectivity index (χ0n) is 11.3. The third kappa shape index (κ3) is 3.71. The van der Waals surface area contributed by atoms with Crippen LogP contribution in [0, 0.1) is 5.82 Å². The van der Waals surface area contributed by atoms with Gasteiger partial charge in [-0.3, -0.25) is 0 Å². The molecule has 0 aliphatic carbocycles. The summed E-state index contributed by atoms with van der Waals surface area (Å²) in [6, 6.07) is 9.55. The van der Waals surface area contributed by atoms with Gasteiger partial charge in [0.1, 0.15) is 11.6 Å². The Morgan fingerprint density at radius 2 is 1.86 bits per heavy atom. The fourth-order valence-corrected chi connectivity index (χ4v) is 2.81. The lowest BCUT2D eigenvalue weighted by Crippen LogP contribution is -2.23. The molecule has 0 amide bonds. The number of methoxy groups -OCH3 is 1. The van der Waals surface area contributed by atoms with Crippen LogP contribution in [0.25, 0.3) is 0 Å². The first kappa shape index (κ1) is 15.3. The maximum Gasteiger partial charge on any atom is 0.240 e. The van der Waals surface area contributed by atoms with Crippen LogP contribution in [0.3, 0.4) is 0 Å². The van der Waals surface area contributed by atoms with Gasteiger partial charge in [0, 0.05) is 17.8 Å². The van der Waals surface area contributed by atoms with Crippen LogP contribution < -0.4 is 15.2 Å². The van der Waals surface area contributed by atoms with Gasteiger partial charge < -0.3 is 10.5 Å². The molecule has 0 atom stereocenters. The van der Waals surface area contributed by atoms with E-state index in [1.807, 2.05) is 0 Å². The molecule has 0 spiro atoms. The monoisotopic (exact) mass is 310 g/mol. The molecule has 3 N–H and O–H groups in total. The van der Waals surface area contributed by atoms with Gasteiger partial charge in [-0.15, -0.1) is 0 Å². The van der Waals surface area contributed by atoms with E-state index in [1.54, 1.807) is 18.2 Å². The highest BCUT2D eigenvalue weighted by Gasteiger charge is 2.15. The van der Waals surface area contributed by atoms with E-state index in [0.717, 1.165) is 12.1 Å². The highest BCUT2D eigenvalue weighted by molar-refractivity contribution is 7.89. The number of ether oxygens (including phenoxy) is 1. The number of rotatable bonds is 5. The van der Waals surface area contributed by atoms with E-state index >= 15 is 0 Å². The largest absolute Gasteiger partial charge is 0.496 e. The number of hydrogen-bond acceptors (Lipinski definition) is 4. The van der Waals surface area contributed by atoms with Gasteiger partial charge in [0.2, 0.25) is 10.0 Å². The Morgan fingerprint density at radius 1 is 1.19 bits per heavy atom. The quantitative estimate of drug-likeness (QED) is 0.826. The molecule has 2 rings (SSSR count). The van der Waals surface area contributed by atoms with Gasteiger partial charge >= 0.3 is 0 Å². The number of nitrogens with two attached hydrogens (primary N) is 1. The molecule has 0 unspecified atom stereocenters. The SMILES string of the molecule is COc1ccc(N)cc1CNS(=O)(=O)c1ccc(F)cc1. The van der Waals surface area contributed by atoms with Crippen LogP contribution in [0.4, 0.5) is 10.1 Å². The zero-order valence-corrected chi connectivity index (χ0v) is 12.2. The second-order valence-corrected chi connectivity index (χ2v) is 6.12. The summed E-state index contributed by atoms with van der Waals surface area (Å²) in [5, 5.41) is 0. The molecule has 7 heteroatoms. The molecule has 0 fully saturated rings. The Labute approximate surface area is 122 Å². The molecule has 0 radical (unpaired) electrons. The molecular formula is C14H15FN2O3S. The minimum Gasteiger partial charge on any atom is -0.496 e. The van der Waals surface area contributed by atoms with Crippen molar-refractivity contribution in [2.45, 2.75) is 11.4 Å². The Bertz CT molecular complexity index is 730. The summed E-state index contributed by atoms with van der Waals surface area (Å²) in [6.45, 7) is 0.0217. The second kappa shape index (κ2) is 6.11. The molecule has 2 aromatic rings. The van der Waals surface area contributed by atoms with E-state index in [-0.39, 0.29) is 11.4 Å². The van der Waals surface area contributed by atoms with Crippen molar-refractivity contribution in [3.8, 4) is 5.75 Å². The topological polar surface area (TPSA) is 81.4 Å². The summed E-state index contributed by atoms with van der Waals surface area (Å²) >= 11 is 0. The third-order valence-corrected chi connectivity index (χ3v) is 4.30. The molecule has 0 bridgehead atoms. The van der Waals surface area contributed by atoms with Gasteiger partial charge in [0.05, 0.1) is 12.0 Å². The fourth-order valence-electron chi connectivity index (χ4n) is 1.81. The van der Waals surface area contributed by atoms with E-state index < -0.39 is 15.8 Å².